The highest BCUT2D eigenvalue weighted by atomic mass is 35.5. The molecule has 0 aliphatic heterocycles. The van der Waals surface area contributed by atoms with E-state index in [1.54, 1.807) is 18.3 Å². The zero-order chi connectivity index (χ0) is 13.8. The van der Waals surface area contributed by atoms with Crippen molar-refractivity contribution in [1.82, 2.24) is 4.98 Å². The number of rotatable bonds is 4. The molecule has 19 heavy (non-hydrogen) atoms. The van der Waals surface area contributed by atoms with Crippen LogP contribution in [0.3, 0.4) is 0 Å². The molecule has 1 aromatic carbocycles. The van der Waals surface area contributed by atoms with Gasteiger partial charge in [0.05, 0.1) is 11.7 Å². The predicted molar refractivity (Wildman–Crippen MR) is 80.7 cm³/mol. The van der Waals surface area contributed by atoms with Crippen LogP contribution in [-0.2, 0) is 12.8 Å². The van der Waals surface area contributed by atoms with Gasteiger partial charge in [-0.2, -0.15) is 0 Å². The number of nitrogens with zero attached hydrogens (tertiary/aromatic N) is 1. The van der Waals surface area contributed by atoms with E-state index in [-0.39, 0.29) is 6.04 Å². The van der Waals surface area contributed by atoms with Gasteiger partial charge >= 0.3 is 0 Å². The minimum Gasteiger partial charge on any atom is -0.322 e. The van der Waals surface area contributed by atoms with E-state index in [0.717, 1.165) is 17.7 Å². The van der Waals surface area contributed by atoms with Crippen LogP contribution in [0.25, 0.3) is 0 Å². The van der Waals surface area contributed by atoms with E-state index >= 15 is 0 Å². The normalized spacial score (nSPS) is 12.4. The van der Waals surface area contributed by atoms with Crippen LogP contribution in [0.2, 0.25) is 10.0 Å². The van der Waals surface area contributed by atoms with Crippen molar-refractivity contribution in [2.75, 3.05) is 0 Å². The van der Waals surface area contributed by atoms with E-state index in [0.29, 0.717) is 16.5 Å². The van der Waals surface area contributed by atoms with Crippen LogP contribution in [0.15, 0.2) is 36.5 Å². The largest absolute Gasteiger partial charge is 0.322 e. The third kappa shape index (κ3) is 3.47. The van der Waals surface area contributed by atoms with E-state index < -0.39 is 0 Å². The second-order valence-electron chi connectivity index (χ2n) is 4.45. The Bertz CT molecular complexity index is 570. The van der Waals surface area contributed by atoms with Gasteiger partial charge in [0.2, 0.25) is 0 Å². The molecule has 1 unspecified atom stereocenters. The molecule has 2 N–H and O–H groups in total. The molecule has 0 radical (unpaired) electrons. The van der Waals surface area contributed by atoms with Crippen molar-refractivity contribution in [2.45, 2.75) is 25.8 Å². The molecule has 0 fully saturated rings. The van der Waals surface area contributed by atoms with Crippen LogP contribution < -0.4 is 5.73 Å². The fourth-order valence-corrected chi connectivity index (χ4v) is 2.51. The molecular formula is C15H16Cl2N2. The summed E-state index contributed by atoms with van der Waals surface area (Å²) < 4.78 is 0. The summed E-state index contributed by atoms with van der Waals surface area (Å²) >= 11 is 12.2. The van der Waals surface area contributed by atoms with Crippen molar-refractivity contribution in [3.63, 3.8) is 0 Å². The minimum atomic E-state index is -0.174. The first-order chi connectivity index (χ1) is 9.11. The molecule has 0 saturated heterocycles. The van der Waals surface area contributed by atoms with Crippen LogP contribution >= 0.6 is 23.2 Å². The molecule has 100 valence electrons. The highest BCUT2D eigenvalue weighted by Gasteiger charge is 2.14. The van der Waals surface area contributed by atoms with Gasteiger partial charge in [-0.25, -0.2) is 0 Å². The first kappa shape index (κ1) is 14.3. The van der Waals surface area contributed by atoms with Crippen LogP contribution in [0.1, 0.15) is 29.8 Å². The summed E-state index contributed by atoms with van der Waals surface area (Å²) in [6, 6.07) is 9.25. The van der Waals surface area contributed by atoms with Crippen molar-refractivity contribution < 1.29 is 0 Å². The summed E-state index contributed by atoms with van der Waals surface area (Å²) in [5.74, 6) is 0. The number of aromatic nitrogens is 1. The molecule has 0 aliphatic carbocycles. The quantitative estimate of drug-likeness (QED) is 0.918. The molecule has 0 spiro atoms. The number of halogens is 2. The van der Waals surface area contributed by atoms with Crippen LogP contribution in [-0.4, -0.2) is 4.98 Å². The summed E-state index contributed by atoms with van der Waals surface area (Å²) in [4.78, 5) is 4.40. The molecule has 4 heteroatoms. The van der Waals surface area contributed by atoms with Gasteiger partial charge in [0.1, 0.15) is 0 Å². The Hall–Kier alpha value is -1.09. The highest BCUT2D eigenvalue weighted by Crippen LogP contribution is 2.25. The highest BCUT2D eigenvalue weighted by molar-refractivity contribution is 6.33. The number of pyridine rings is 1. The van der Waals surface area contributed by atoms with Gasteiger partial charge in [-0.3, -0.25) is 4.98 Å². The second kappa shape index (κ2) is 6.38. The fourth-order valence-electron chi connectivity index (χ4n) is 2.12. The summed E-state index contributed by atoms with van der Waals surface area (Å²) in [7, 11) is 0. The molecule has 1 heterocycles. The monoisotopic (exact) mass is 294 g/mol. The summed E-state index contributed by atoms with van der Waals surface area (Å²) in [6.07, 6.45) is 3.32. The van der Waals surface area contributed by atoms with E-state index in [2.05, 4.69) is 18.0 Å². The standard InChI is InChI=1S/C15H16Cl2N2/c1-2-10-4-3-7-19-15(10)14(18)9-11-8-12(16)5-6-13(11)17/h3-8,14H,2,9,18H2,1H3. The van der Waals surface area contributed by atoms with Crippen LogP contribution in [0.4, 0.5) is 0 Å². The maximum atomic E-state index is 6.26. The minimum absolute atomic E-state index is 0.174. The Morgan fingerprint density at radius 2 is 2.00 bits per heavy atom. The fraction of sp³-hybridized carbons (Fsp3) is 0.267. The van der Waals surface area contributed by atoms with Gasteiger partial charge in [-0.1, -0.05) is 36.2 Å². The third-order valence-corrected chi connectivity index (χ3v) is 3.71. The molecule has 2 rings (SSSR count). The lowest BCUT2D eigenvalue weighted by Crippen LogP contribution is -2.17. The average Bonchev–Trinajstić information content (AvgIpc) is 2.42. The molecule has 0 aliphatic rings. The first-order valence-electron chi connectivity index (χ1n) is 6.25. The van der Waals surface area contributed by atoms with Crippen molar-refractivity contribution in [2.24, 2.45) is 5.73 Å². The molecule has 0 saturated carbocycles. The number of nitrogens with two attached hydrogens (primary N) is 1. The lowest BCUT2D eigenvalue weighted by atomic mass is 9.99. The van der Waals surface area contributed by atoms with Crippen LogP contribution in [0, 0.1) is 0 Å². The van der Waals surface area contributed by atoms with Gasteiger partial charge in [0.15, 0.2) is 0 Å². The lowest BCUT2D eigenvalue weighted by Gasteiger charge is -2.15. The Kier molecular flexibility index (Phi) is 4.81. The molecule has 2 aromatic rings. The summed E-state index contributed by atoms with van der Waals surface area (Å²) in [5, 5.41) is 1.36. The first-order valence-corrected chi connectivity index (χ1v) is 7.00. The number of hydrogen-bond donors (Lipinski definition) is 1. The van der Waals surface area contributed by atoms with E-state index in [4.69, 9.17) is 28.9 Å². The Labute approximate surface area is 123 Å². The van der Waals surface area contributed by atoms with Gasteiger partial charge in [0.25, 0.3) is 0 Å². The maximum absolute atomic E-state index is 6.26. The molecule has 0 bridgehead atoms. The SMILES string of the molecule is CCc1cccnc1C(N)Cc1cc(Cl)ccc1Cl. The van der Waals surface area contributed by atoms with Crippen molar-refractivity contribution in [1.29, 1.82) is 0 Å². The van der Waals surface area contributed by atoms with Crippen molar-refractivity contribution >= 4 is 23.2 Å². The number of hydrogen-bond acceptors (Lipinski definition) is 2. The van der Waals surface area contributed by atoms with Crippen molar-refractivity contribution in [3.8, 4) is 0 Å². The zero-order valence-electron chi connectivity index (χ0n) is 10.7. The third-order valence-electron chi connectivity index (χ3n) is 3.11. The Morgan fingerprint density at radius 1 is 1.21 bits per heavy atom. The van der Waals surface area contributed by atoms with Gasteiger partial charge in [-0.05, 0) is 48.2 Å². The Balaban J connectivity index is 2.25. The second-order valence-corrected chi connectivity index (χ2v) is 5.29. The number of aryl methyl sites for hydroxylation is 1. The average molecular weight is 295 g/mol. The summed E-state index contributed by atoms with van der Waals surface area (Å²) in [5.41, 5.74) is 9.32. The van der Waals surface area contributed by atoms with Gasteiger partial charge in [-0.15, -0.1) is 0 Å². The van der Waals surface area contributed by atoms with E-state index in [1.807, 2.05) is 12.1 Å². The Morgan fingerprint density at radius 3 is 2.74 bits per heavy atom. The molecule has 0 amide bonds. The maximum Gasteiger partial charge on any atom is 0.0606 e. The molecule has 1 atom stereocenters. The smallest absolute Gasteiger partial charge is 0.0606 e. The van der Waals surface area contributed by atoms with Crippen molar-refractivity contribution in [3.05, 3.63) is 63.4 Å². The molecule has 1 aromatic heterocycles. The van der Waals surface area contributed by atoms with E-state index in [9.17, 15) is 0 Å². The van der Waals surface area contributed by atoms with Gasteiger partial charge < -0.3 is 5.73 Å². The van der Waals surface area contributed by atoms with E-state index in [1.165, 1.54) is 5.56 Å². The van der Waals surface area contributed by atoms with Gasteiger partial charge in [0, 0.05) is 16.2 Å². The zero-order valence-corrected chi connectivity index (χ0v) is 12.2. The molecule has 2 nitrogen and oxygen atoms in total. The lowest BCUT2D eigenvalue weighted by molar-refractivity contribution is 0.685. The predicted octanol–water partition coefficient (Wildman–Crippen LogP) is 4.19. The molecular weight excluding hydrogens is 279 g/mol. The topological polar surface area (TPSA) is 38.9 Å². The summed E-state index contributed by atoms with van der Waals surface area (Å²) in [6.45, 7) is 2.10. The number of benzene rings is 1. The van der Waals surface area contributed by atoms with Crippen LogP contribution in [0.5, 0.6) is 0 Å².